The number of carbonyl (C=O) groups excluding carboxylic acids is 1. The van der Waals surface area contributed by atoms with Crippen molar-refractivity contribution in [2.24, 2.45) is 0 Å². The second-order valence-corrected chi connectivity index (χ2v) is 6.86. The molecule has 0 spiro atoms. The molecule has 7 nitrogen and oxygen atoms in total. The SMILES string of the molecule is O=C(c1ccnc(Nc2ccccc2N2CCOCC2)n1)N1CCCCC1. The molecule has 2 fully saturated rings. The molecule has 2 aromatic rings. The van der Waals surface area contributed by atoms with Crippen LogP contribution in [0.15, 0.2) is 36.5 Å². The van der Waals surface area contributed by atoms with Gasteiger partial charge in [0.1, 0.15) is 5.69 Å². The fourth-order valence-corrected chi connectivity index (χ4v) is 3.58. The first-order valence-electron chi connectivity index (χ1n) is 9.62. The summed E-state index contributed by atoms with van der Waals surface area (Å²) in [6, 6.07) is 9.78. The van der Waals surface area contributed by atoms with Crippen LogP contribution in [0.5, 0.6) is 0 Å². The summed E-state index contributed by atoms with van der Waals surface area (Å²) in [5.74, 6) is 0.431. The Bertz CT molecular complexity index is 785. The van der Waals surface area contributed by atoms with Crippen LogP contribution in [0.3, 0.4) is 0 Å². The van der Waals surface area contributed by atoms with E-state index in [1.807, 2.05) is 23.1 Å². The minimum absolute atomic E-state index is 0.0124. The highest BCUT2D eigenvalue weighted by Gasteiger charge is 2.20. The predicted molar refractivity (Wildman–Crippen MR) is 105 cm³/mol. The Labute approximate surface area is 159 Å². The van der Waals surface area contributed by atoms with Crippen molar-refractivity contribution in [3.63, 3.8) is 0 Å². The topological polar surface area (TPSA) is 70.6 Å². The molecule has 0 aliphatic carbocycles. The van der Waals surface area contributed by atoms with Gasteiger partial charge in [0.25, 0.3) is 5.91 Å². The van der Waals surface area contributed by atoms with Crippen molar-refractivity contribution in [2.75, 3.05) is 49.6 Å². The molecule has 3 heterocycles. The third-order valence-electron chi connectivity index (χ3n) is 5.02. The fraction of sp³-hybridized carbons (Fsp3) is 0.450. The summed E-state index contributed by atoms with van der Waals surface area (Å²) in [6.45, 7) is 4.78. The van der Waals surface area contributed by atoms with Crippen LogP contribution in [0.2, 0.25) is 0 Å². The van der Waals surface area contributed by atoms with E-state index in [0.29, 0.717) is 11.6 Å². The Morgan fingerprint density at radius 3 is 2.59 bits per heavy atom. The van der Waals surface area contributed by atoms with Gasteiger partial charge in [0.05, 0.1) is 24.6 Å². The number of hydrogen-bond donors (Lipinski definition) is 1. The molecule has 1 amide bonds. The van der Waals surface area contributed by atoms with Crippen molar-refractivity contribution < 1.29 is 9.53 Å². The van der Waals surface area contributed by atoms with Crippen LogP contribution in [0.1, 0.15) is 29.8 Å². The Balaban J connectivity index is 1.52. The molecule has 27 heavy (non-hydrogen) atoms. The van der Waals surface area contributed by atoms with Crippen molar-refractivity contribution in [1.29, 1.82) is 0 Å². The maximum Gasteiger partial charge on any atom is 0.272 e. The van der Waals surface area contributed by atoms with Crippen LogP contribution in [0.25, 0.3) is 0 Å². The van der Waals surface area contributed by atoms with Crippen LogP contribution in [-0.2, 0) is 4.74 Å². The number of nitrogens with zero attached hydrogens (tertiary/aromatic N) is 4. The largest absolute Gasteiger partial charge is 0.378 e. The lowest BCUT2D eigenvalue weighted by atomic mass is 10.1. The summed E-state index contributed by atoms with van der Waals surface area (Å²) >= 11 is 0. The van der Waals surface area contributed by atoms with Gasteiger partial charge in [-0.2, -0.15) is 0 Å². The number of piperidine rings is 1. The van der Waals surface area contributed by atoms with Gasteiger partial charge >= 0.3 is 0 Å². The molecule has 2 aliphatic heterocycles. The fourth-order valence-electron chi connectivity index (χ4n) is 3.58. The number of carbonyl (C=O) groups is 1. The minimum atomic E-state index is -0.0124. The van der Waals surface area contributed by atoms with E-state index >= 15 is 0 Å². The summed E-state index contributed by atoms with van der Waals surface area (Å²) in [6.07, 6.45) is 4.96. The third kappa shape index (κ3) is 4.19. The van der Waals surface area contributed by atoms with E-state index in [-0.39, 0.29) is 5.91 Å². The quantitative estimate of drug-likeness (QED) is 0.896. The third-order valence-corrected chi connectivity index (χ3v) is 5.02. The maximum absolute atomic E-state index is 12.7. The molecule has 0 saturated carbocycles. The number of hydrogen-bond acceptors (Lipinski definition) is 6. The average Bonchev–Trinajstić information content (AvgIpc) is 2.75. The number of benzene rings is 1. The molecule has 0 radical (unpaired) electrons. The van der Waals surface area contributed by atoms with Gasteiger partial charge in [-0.05, 0) is 37.5 Å². The number of morpholine rings is 1. The monoisotopic (exact) mass is 367 g/mol. The Morgan fingerprint density at radius 1 is 1.00 bits per heavy atom. The molecule has 7 heteroatoms. The normalized spacial score (nSPS) is 17.6. The molecule has 2 aliphatic rings. The van der Waals surface area contributed by atoms with Gasteiger partial charge in [0.2, 0.25) is 5.95 Å². The molecule has 0 unspecified atom stereocenters. The number of likely N-dealkylation sites (tertiary alicyclic amines) is 1. The molecule has 2 saturated heterocycles. The van der Waals surface area contributed by atoms with E-state index in [2.05, 4.69) is 26.3 Å². The van der Waals surface area contributed by atoms with Gasteiger partial charge in [-0.3, -0.25) is 4.79 Å². The predicted octanol–water partition coefficient (Wildman–Crippen LogP) is 2.68. The van der Waals surface area contributed by atoms with E-state index in [0.717, 1.165) is 63.6 Å². The smallest absolute Gasteiger partial charge is 0.272 e. The summed E-state index contributed by atoms with van der Waals surface area (Å²) in [4.78, 5) is 25.7. The standard InChI is InChI=1S/C20H25N5O2/c26-19(25-10-4-1-5-11-25)17-8-9-21-20(23-17)22-16-6-2-3-7-18(16)24-12-14-27-15-13-24/h2-3,6-9H,1,4-5,10-15H2,(H,21,22,23). The average molecular weight is 367 g/mol. The maximum atomic E-state index is 12.7. The molecule has 0 bridgehead atoms. The first-order valence-corrected chi connectivity index (χ1v) is 9.62. The van der Waals surface area contributed by atoms with Gasteiger partial charge in [0, 0.05) is 32.4 Å². The molecular formula is C20H25N5O2. The highest BCUT2D eigenvalue weighted by Crippen LogP contribution is 2.28. The van der Waals surface area contributed by atoms with E-state index in [4.69, 9.17) is 4.74 Å². The number of aromatic nitrogens is 2. The highest BCUT2D eigenvalue weighted by molar-refractivity contribution is 5.92. The summed E-state index contributed by atoms with van der Waals surface area (Å²) < 4.78 is 5.45. The minimum Gasteiger partial charge on any atom is -0.378 e. The molecular weight excluding hydrogens is 342 g/mol. The van der Waals surface area contributed by atoms with E-state index in [1.54, 1.807) is 12.3 Å². The number of para-hydroxylation sites is 2. The number of rotatable bonds is 4. The summed E-state index contributed by atoms with van der Waals surface area (Å²) in [7, 11) is 0. The van der Waals surface area contributed by atoms with Crippen LogP contribution in [-0.4, -0.2) is 60.2 Å². The second kappa shape index (κ2) is 8.35. The first kappa shape index (κ1) is 17.7. The van der Waals surface area contributed by atoms with Crippen molar-refractivity contribution >= 4 is 23.2 Å². The van der Waals surface area contributed by atoms with Crippen LogP contribution in [0, 0.1) is 0 Å². The second-order valence-electron chi connectivity index (χ2n) is 6.86. The van der Waals surface area contributed by atoms with Gasteiger partial charge < -0.3 is 19.9 Å². The van der Waals surface area contributed by atoms with Gasteiger partial charge in [0.15, 0.2) is 0 Å². The Kier molecular flexibility index (Phi) is 5.48. The number of amides is 1. The lowest BCUT2D eigenvalue weighted by Gasteiger charge is -2.30. The van der Waals surface area contributed by atoms with Crippen LogP contribution < -0.4 is 10.2 Å². The summed E-state index contributed by atoms with van der Waals surface area (Å²) in [5.41, 5.74) is 2.47. The van der Waals surface area contributed by atoms with Crippen LogP contribution >= 0.6 is 0 Å². The molecule has 0 atom stereocenters. The Morgan fingerprint density at radius 2 is 1.78 bits per heavy atom. The highest BCUT2D eigenvalue weighted by atomic mass is 16.5. The van der Waals surface area contributed by atoms with Gasteiger partial charge in [-0.15, -0.1) is 0 Å². The molecule has 1 aromatic heterocycles. The zero-order chi connectivity index (χ0) is 18.5. The number of ether oxygens (including phenoxy) is 1. The lowest BCUT2D eigenvalue weighted by Crippen LogP contribution is -2.36. The van der Waals surface area contributed by atoms with Crippen molar-refractivity contribution in [3.05, 3.63) is 42.2 Å². The molecule has 1 N–H and O–H groups in total. The van der Waals surface area contributed by atoms with Crippen LogP contribution in [0.4, 0.5) is 17.3 Å². The van der Waals surface area contributed by atoms with Crippen molar-refractivity contribution in [1.82, 2.24) is 14.9 Å². The lowest BCUT2D eigenvalue weighted by molar-refractivity contribution is 0.0718. The van der Waals surface area contributed by atoms with Crippen molar-refractivity contribution in [2.45, 2.75) is 19.3 Å². The first-order chi connectivity index (χ1) is 13.3. The number of nitrogens with one attached hydrogen (secondary N) is 1. The molecule has 1 aromatic carbocycles. The van der Waals surface area contributed by atoms with E-state index in [9.17, 15) is 4.79 Å². The molecule has 4 rings (SSSR count). The zero-order valence-electron chi connectivity index (χ0n) is 15.4. The van der Waals surface area contributed by atoms with Gasteiger partial charge in [-0.1, -0.05) is 12.1 Å². The number of anilines is 3. The van der Waals surface area contributed by atoms with Gasteiger partial charge in [-0.25, -0.2) is 9.97 Å². The van der Waals surface area contributed by atoms with E-state index < -0.39 is 0 Å². The zero-order valence-corrected chi connectivity index (χ0v) is 15.4. The van der Waals surface area contributed by atoms with Crippen molar-refractivity contribution in [3.8, 4) is 0 Å². The Hall–Kier alpha value is -2.67. The van der Waals surface area contributed by atoms with E-state index in [1.165, 1.54) is 6.42 Å². The summed E-state index contributed by atoms with van der Waals surface area (Å²) in [5, 5.41) is 3.29. The molecule has 142 valence electrons.